The van der Waals surface area contributed by atoms with Gasteiger partial charge in [-0.05, 0) is 100 Å². The molecule has 0 bridgehead atoms. The molecule has 282 valence electrons. The van der Waals surface area contributed by atoms with E-state index in [2.05, 4.69) is 65.4 Å². The summed E-state index contributed by atoms with van der Waals surface area (Å²) in [6.45, 7) is 16.5. The van der Waals surface area contributed by atoms with E-state index in [-0.39, 0.29) is 12.2 Å². The van der Waals surface area contributed by atoms with E-state index in [4.69, 9.17) is 14.5 Å². The zero-order valence-electron chi connectivity index (χ0n) is 31.5. The summed E-state index contributed by atoms with van der Waals surface area (Å²) in [5.74, 6) is 1.72. The minimum atomic E-state index is -2.70. The number of aryl methyl sites for hydroxylation is 1. The number of carbonyl (C=O) groups excluding carboxylic acids is 1. The Kier molecular flexibility index (Phi) is 10.6. The Bertz CT molecular complexity index is 2030. The van der Waals surface area contributed by atoms with Gasteiger partial charge >= 0.3 is 6.09 Å². The maximum Gasteiger partial charge on any atom is 0.410 e. The van der Waals surface area contributed by atoms with Crippen LogP contribution < -0.4 is 25.6 Å². The molecule has 4 aromatic rings. The van der Waals surface area contributed by atoms with E-state index in [1.807, 2.05) is 49.9 Å². The van der Waals surface area contributed by atoms with Gasteiger partial charge < -0.3 is 34.5 Å². The fraction of sp³-hybridized carbons (Fsp3) is 0.487. The number of fused-ring (bicyclic) bond motifs is 1. The highest BCUT2D eigenvalue weighted by Crippen LogP contribution is 2.42. The van der Waals surface area contributed by atoms with Gasteiger partial charge in [-0.2, -0.15) is 4.98 Å². The predicted octanol–water partition coefficient (Wildman–Crippen LogP) is 7.89. The molecule has 2 saturated heterocycles. The highest BCUT2D eigenvalue weighted by Gasteiger charge is 2.32. The first-order chi connectivity index (χ1) is 25.2. The monoisotopic (exact) mass is 804 g/mol. The molecule has 0 spiro atoms. The summed E-state index contributed by atoms with van der Waals surface area (Å²) in [5.41, 5.74) is 4.09. The molecule has 1 aliphatic carbocycles. The zero-order valence-corrected chi connectivity index (χ0v) is 34.0. The lowest BCUT2D eigenvalue weighted by atomic mass is 10.0. The lowest BCUT2D eigenvalue weighted by Crippen LogP contribution is -2.55. The Hall–Kier alpha value is -3.93. The van der Waals surface area contributed by atoms with E-state index in [0.717, 1.165) is 85.1 Å². The van der Waals surface area contributed by atoms with E-state index in [1.165, 1.54) is 5.69 Å². The topological polar surface area (TPSA) is 125 Å². The standard InChI is InChI=1S/C39H50BrN8O4P/c1-25-21-31(44-37-42-23-29(40)36(45-37)43-32-24-41-30-10-8-7-9-28(30)35(32)53(5,6)50)34(51-27-11-12-27)22-33(25)47-15-13-26(14-16-47)46-17-19-48(20-18-46)38(49)52-39(2,3)4/h7-10,21-24,26-27H,11-20H2,1-6H3,(H2,42,43,44,45). The molecule has 3 fully saturated rings. The van der Waals surface area contributed by atoms with Gasteiger partial charge in [-0.3, -0.25) is 9.88 Å². The van der Waals surface area contributed by atoms with Crippen LogP contribution in [-0.2, 0) is 9.30 Å². The molecule has 14 heteroatoms. The number of amides is 1. The first-order valence-electron chi connectivity index (χ1n) is 18.5. The number of halogens is 1. The summed E-state index contributed by atoms with van der Waals surface area (Å²) in [6, 6.07) is 12.5. The van der Waals surface area contributed by atoms with Gasteiger partial charge in [0.15, 0.2) is 0 Å². The number of rotatable bonds is 9. The number of benzene rings is 2. The molecule has 3 aliphatic rings. The van der Waals surface area contributed by atoms with Crippen molar-refractivity contribution in [3.05, 3.63) is 58.8 Å². The molecule has 1 amide bonds. The molecule has 4 heterocycles. The van der Waals surface area contributed by atoms with Crippen LogP contribution in [0.2, 0.25) is 0 Å². The molecule has 0 radical (unpaired) electrons. The third kappa shape index (κ3) is 8.90. The van der Waals surface area contributed by atoms with Crippen molar-refractivity contribution in [2.24, 2.45) is 0 Å². The molecule has 0 unspecified atom stereocenters. The van der Waals surface area contributed by atoms with E-state index < -0.39 is 12.7 Å². The number of carbonyl (C=O) groups is 1. The van der Waals surface area contributed by atoms with Gasteiger partial charge in [0, 0.05) is 74.0 Å². The van der Waals surface area contributed by atoms with Crippen molar-refractivity contribution in [1.29, 1.82) is 0 Å². The fourth-order valence-corrected chi connectivity index (χ4v) is 8.96. The van der Waals surface area contributed by atoms with Crippen molar-refractivity contribution in [3.63, 3.8) is 0 Å². The smallest absolute Gasteiger partial charge is 0.410 e. The molecule has 2 aromatic heterocycles. The van der Waals surface area contributed by atoms with Gasteiger partial charge in [-0.1, -0.05) is 18.2 Å². The second-order valence-corrected chi connectivity index (χ2v) is 19.7. The second kappa shape index (κ2) is 15.1. The largest absolute Gasteiger partial charge is 0.488 e. The average Bonchev–Trinajstić information content (AvgIpc) is 3.94. The number of anilines is 5. The van der Waals surface area contributed by atoms with Crippen LogP contribution in [0.15, 0.2) is 53.3 Å². The van der Waals surface area contributed by atoms with Crippen molar-refractivity contribution in [2.75, 3.05) is 68.1 Å². The van der Waals surface area contributed by atoms with E-state index in [1.54, 1.807) is 25.7 Å². The lowest BCUT2D eigenvalue weighted by Gasteiger charge is -2.43. The van der Waals surface area contributed by atoms with Gasteiger partial charge in [-0.15, -0.1) is 0 Å². The predicted molar refractivity (Wildman–Crippen MR) is 217 cm³/mol. The summed E-state index contributed by atoms with van der Waals surface area (Å²) < 4.78 is 26.3. The number of hydrogen-bond donors (Lipinski definition) is 2. The molecule has 2 N–H and O–H groups in total. The Morgan fingerprint density at radius 3 is 2.32 bits per heavy atom. The number of piperidine rings is 1. The third-order valence-corrected chi connectivity index (χ3v) is 12.1. The molecule has 7 rings (SSSR count). The quantitative estimate of drug-likeness (QED) is 0.161. The van der Waals surface area contributed by atoms with Crippen LogP contribution in [0.3, 0.4) is 0 Å². The number of piperazine rings is 1. The molecule has 0 atom stereocenters. The number of pyridine rings is 1. The molecule has 12 nitrogen and oxygen atoms in total. The summed E-state index contributed by atoms with van der Waals surface area (Å²) in [5, 5.41) is 8.42. The summed E-state index contributed by atoms with van der Waals surface area (Å²) in [4.78, 5) is 33.4. The highest BCUT2D eigenvalue weighted by molar-refractivity contribution is 9.10. The van der Waals surface area contributed by atoms with E-state index in [9.17, 15) is 9.36 Å². The Morgan fingerprint density at radius 2 is 1.64 bits per heavy atom. The lowest BCUT2D eigenvalue weighted by molar-refractivity contribution is 0.00901. The molecule has 2 aromatic carbocycles. The first kappa shape index (κ1) is 37.4. The van der Waals surface area contributed by atoms with Crippen LogP contribution in [0.4, 0.5) is 33.6 Å². The third-order valence-electron chi connectivity index (χ3n) is 9.93. The average molecular weight is 806 g/mol. The van der Waals surface area contributed by atoms with Gasteiger partial charge in [0.1, 0.15) is 24.3 Å². The minimum Gasteiger partial charge on any atom is -0.488 e. The van der Waals surface area contributed by atoms with Crippen molar-refractivity contribution in [1.82, 2.24) is 24.8 Å². The molecule has 2 aliphatic heterocycles. The normalized spacial score (nSPS) is 17.6. The van der Waals surface area contributed by atoms with Crippen LogP contribution in [0.25, 0.3) is 10.9 Å². The number of para-hydroxylation sites is 1. The van der Waals surface area contributed by atoms with Crippen molar-refractivity contribution >= 4 is 74.2 Å². The maximum atomic E-state index is 13.5. The summed E-state index contributed by atoms with van der Waals surface area (Å²) >= 11 is 3.61. The number of hydrogen-bond acceptors (Lipinski definition) is 11. The van der Waals surface area contributed by atoms with Gasteiger partial charge in [0.05, 0.1) is 33.7 Å². The Labute approximate surface area is 320 Å². The van der Waals surface area contributed by atoms with E-state index in [0.29, 0.717) is 41.1 Å². The number of ether oxygens (including phenoxy) is 2. The molecular formula is C39H50BrN8O4P. The zero-order chi connectivity index (χ0) is 37.5. The summed E-state index contributed by atoms with van der Waals surface area (Å²) in [6.07, 6.45) is 7.62. The van der Waals surface area contributed by atoms with Crippen LogP contribution in [0, 0.1) is 6.92 Å². The molecule has 53 heavy (non-hydrogen) atoms. The SMILES string of the molecule is Cc1cc(Nc2ncc(Br)c(Nc3cnc4ccccc4c3P(C)(C)=O)n2)c(OC2CC2)cc1N1CCC(N2CCN(C(=O)OC(C)(C)C)CC2)CC1. The van der Waals surface area contributed by atoms with E-state index >= 15 is 0 Å². The molecular weight excluding hydrogens is 755 g/mol. The van der Waals surface area contributed by atoms with Crippen molar-refractivity contribution < 1.29 is 18.8 Å². The minimum absolute atomic E-state index is 0.205. The van der Waals surface area contributed by atoms with Gasteiger partial charge in [0.2, 0.25) is 5.95 Å². The number of aromatic nitrogens is 3. The Morgan fingerprint density at radius 1 is 0.925 bits per heavy atom. The Balaban J connectivity index is 1.05. The highest BCUT2D eigenvalue weighted by atomic mass is 79.9. The van der Waals surface area contributed by atoms with Crippen molar-refractivity contribution in [3.8, 4) is 5.75 Å². The fourth-order valence-electron chi connectivity index (χ4n) is 7.21. The van der Waals surface area contributed by atoms with Crippen LogP contribution in [0.5, 0.6) is 5.75 Å². The maximum absolute atomic E-state index is 13.5. The molecule has 1 saturated carbocycles. The van der Waals surface area contributed by atoms with Crippen LogP contribution >= 0.6 is 23.1 Å². The number of nitrogens with one attached hydrogen (secondary N) is 2. The summed E-state index contributed by atoms with van der Waals surface area (Å²) in [7, 11) is -2.70. The van der Waals surface area contributed by atoms with Crippen molar-refractivity contribution in [2.45, 2.75) is 71.1 Å². The van der Waals surface area contributed by atoms with Gasteiger partial charge in [-0.25, -0.2) is 9.78 Å². The first-order valence-corrected chi connectivity index (χ1v) is 21.9. The second-order valence-electron chi connectivity index (χ2n) is 15.7. The number of nitrogens with zero attached hydrogens (tertiary/aromatic N) is 6. The van der Waals surface area contributed by atoms with Crippen LogP contribution in [0.1, 0.15) is 52.0 Å². The van der Waals surface area contributed by atoms with Gasteiger partial charge in [0.25, 0.3) is 0 Å². The van der Waals surface area contributed by atoms with Crippen LogP contribution in [-0.4, -0.2) is 101 Å².